The lowest BCUT2D eigenvalue weighted by atomic mass is 10.1. The average molecular weight is 345 g/mol. The molecule has 0 aliphatic carbocycles. The normalized spacial score (nSPS) is 11.4. The van der Waals surface area contributed by atoms with Crippen LogP contribution < -0.4 is 17.2 Å². The number of rotatable bonds is 15. The highest BCUT2D eigenvalue weighted by atomic mass is 16.4. The van der Waals surface area contributed by atoms with Gasteiger partial charge in [0, 0.05) is 12.8 Å². The zero-order valence-corrected chi connectivity index (χ0v) is 15.0. The predicted molar refractivity (Wildman–Crippen MR) is 94.9 cm³/mol. The molecule has 0 aliphatic heterocycles. The number of nitrogens with one attached hydrogen (secondary N) is 1. The molecule has 0 radical (unpaired) electrons. The summed E-state index contributed by atoms with van der Waals surface area (Å²) >= 11 is 0. The number of carbonyl (C=O) groups is 3. The van der Waals surface area contributed by atoms with Gasteiger partial charge in [-0.15, -0.1) is 0 Å². The molecule has 0 bridgehead atoms. The Bertz CT molecular complexity index is 362. The molecule has 1 atom stereocenters. The number of hydrogen-bond donors (Lipinski definition) is 4. The van der Waals surface area contributed by atoms with Crippen LogP contribution in [0.1, 0.15) is 84.0 Å². The highest BCUT2D eigenvalue weighted by Gasteiger charge is 2.20. The number of carboxylic acids is 1. The third-order valence-electron chi connectivity index (χ3n) is 3.82. The lowest BCUT2D eigenvalue weighted by Crippen LogP contribution is -2.41. The Kier molecular flexibility index (Phi) is 16.7. The summed E-state index contributed by atoms with van der Waals surface area (Å²) in [6.07, 6.45) is 10.8. The van der Waals surface area contributed by atoms with Crippen molar-refractivity contribution in [1.82, 2.24) is 11.5 Å². The van der Waals surface area contributed by atoms with Gasteiger partial charge in [0.1, 0.15) is 6.04 Å². The molecule has 7 nitrogen and oxygen atoms in total. The molecule has 0 spiro atoms. The number of carboxylic acid groups (broad SMARTS) is 1. The lowest BCUT2D eigenvalue weighted by molar-refractivity contribution is -0.142. The maximum atomic E-state index is 11.7. The second-order valence-electron chi connectivity index (χ2n) is 6.04. The molecule has 0 heterocycles. The van der Waals surface area contributed by atoms with Crippen molar-refractivity contribution >= 4 is 17.8 Å². The first kappa shape index (κ1) is 24.6. The number of hydrogen-bond acceptors (Lipinski definition) is 4. The molecular weight excluding hydrogens is 310 g/mol. The summed E-state index contributed by atoms with van der Waals surface area (Å²) in [5.74, 6) is -1.97. The fraction of sp³-hybridized carbons (Fsp3) is 0.824. The highest BCUT2D eigenvalue weighted by molar-refractivity contribution is 5.84. The van der Waals surface area contributed by atoms with E-state index in [1.807, 2.05) is 0 Å². The van der Waals surface area contributed by atoms with Crippen LogP contribution in [0.2, 0.25) is 0 Å². The standard InChI is InChI=1S/C17H32N2O4.H3N/c1-2-3-4-5-6-7-8-9-10-11-16(21)19-14(17(22)23)12-13-15(18)20;/h14H,2-13H2,1H3,(H2,18,20)(H,19,21)(H,22,23);1H3/t14-;/m0./s1. The molecule has 0 aromatic rings. The van der Waals surface area contributed by atoms with E-state index in [0.29, 0.717) is 6.42 Å². The smallest absolute Gasteiger partial charge is 0.326 e. The number of unbranched alkanes of at least 4 members (excludes halogenated alkanes) is 8. The second kappa shape index (κ2) is 16.2. The number of nitrogens with two attached hydrogens (primary N) is 1. The predicted octanol–water partition coefficient (Wildman–Crippen LogP) is 2.90. The van der Waals surface area contributed by atoms with Crippen LogP contribution in [0.25, 0.3) is 0 Å². The largest absolute Gasteiger partial charge is 0.480 e. The number of carbonyl (C=O) groups excluding carboxylic acids is 2. The minimum atomic E-state index is -1.13. The third-order valence-corrected chi connectivity index (χ3v) is 3.82. The summed E-state index contributed by atoms with van der Waals surface area (Å²) in [7, 11) is 0. The number of amides is 2. The van der Waals surface area contributed by atoms with E-state index >= 15 is 0 Å². The van der Waals surface area contributed by atoms with Gasteiger partial charge in [0.05, 0.1) is 0 Å². The second-order valence-corrected chi connectivity index (χ2v) is 6.04. The Hall–Kier alpha value is -1.63. The molecule has 142 valence electrons. The summed E-state index contributed by atoms with van der Waals surface area (Å²) in [6, 6.07) is -1.03. The van der Waals surface area contributed by atoms with Gasteiger partial charge >= 0.3 is 5.97 Å². The molecule has 0 aromatic carbocycles. The Morgan fingerprint density at radius 3 is 1.88 bits per heavy atom. The number of aliphatic carboxylic acids is 1. The molecule has 0 fully saturated rings. The molecule has 0 aliphatic rings. The zero-order valence-electron chi connectivity index (χ0n) is 15.0. The molecule has 2 amide bonds. The van der Waals surface area contributed by atoms with Crippen LogP contribution in [-0.4, -0.2) is 28.9 Å². The topological polar surface area (TPSA) is 144 Å². The van der Waals surface area contributed by atoms with Gasteiger partial charge in [0.2, 0.25) is 11.8 Å². The number of primary amides is 1. The van der Waals surface area contributed by atoms with Crippen LogP contribution in [-0.2, 0) is 14.4 Å². The quantitative estimate of drug-likeness (QED) is 0.337. The van der Waals surface area contributed by atoms with Gasteiger partial charge in [-0.25, -0.2) is 4.79 Å². The van der Waals surface area contributed by atoms with Crippen LogP contribution in [0, 0.1) is 0 Å². The molecule has 0 saturated carbocycles. The van der Waals surface area contributed by atoms with E-state index in [1.54, 1.807) is 0 Å². The zero-order chi connectivity index (χ0) is 17.5. The lowest BCUT2D eigenvalue weighted by Gasteiger charge is -2.13. The molecular formula is C17H35N3O4. The van der Waals surface area contributed by atoms with E-state index in [0.717, 1.165) is 19.3 Å². The summed E-state index contributed by atoms with van der Waals surface area (Å²) < 4.78 is 0. The Morgan fingerprint density at radius 1 is 0.917 bits per heavy atom. The van der Waals surface area contributed by atoms with Gasteiger partial charge in [-0.2, -0.15) is 0 Å². The van der Waals surface area contributed by atoms with Crippen molar-refractivity contribution in [2.75, 3.05) is 0 Å². The maximum Gasteiger partial charge on any atom is 0.326 e. The van der Waals surface area contributed by atoms with Crippen molar-refractivity contribution in [2.45, 2.75) is 90.0 Å². The van der Waals surface area contributed by atoms with E-state index in [1.165, 1.54) is 38.5 Å². The van der Waals surface area contributed by atoms with E-state index in [9.17, 15) is 14.4 Å². The van der Waals surface area contributed by atoms with Crippen molar-refractivity contribution in [1.29, 1.82) is 0 Å². The van der Waals surface area contributed by atoms with E-state index in [-0.39, 0.29) is 24.9 Å². The fourth-order valence-corrected chi connectivity index (χ4v) is 2.41. The summed E-state index contributed by atoms with van der Waals surface area (Å²) in [5, 5.41) is 11.4. The first-order valence-electron chi connectivity index (χ1n) is 8.77. The van der Waals surface area contributed by atoms with Crippen molar-refractivity contribution < 1.29 is 19.5 Å². The third kappa shape index (κ3) is 15.3. The van der Waals surface area contributed by atoms with Crippen molar-refractivity contribution in [2.24, 2.45) is 5.73 Å². The summed E-state index contributed by atoms with van der Waals surface area (Å²) in [6.45, 7) is 2.20. The Balaban J connectivity index is 0. The minimum Gasteiger partial charge on any atom is -0.480 e. The van der Waals surface area contributed by atoms with Crippen LogP contribution in [0.5, 0.6) is 0 Å². The van der Waals surface area contributed by atoms with Gasteiger partial charge in [-0.05, 0) is 12.8 Å². The van der Waals surface area contributed by atoms with Gasteiger partial charge in [0.15, 0.2) is 0 Å². The van der Waals surface area contributed by atoms with Crippen LogP contribution in [0.4, 0.5) is 0 Å². The van der Waals surface area contributed by atoms with Crippen molar-refractivity contribution in [3.8, 4) is 0 Å². The van der Waals surface area contributed by atoms with Gasteiger partial charge < -0.3 is 22.3 Å². The Labute approximate surface area is 145 Å². The molecule has 0 unspecified atom stereocenters. The van der Waals surface area contributed by atoms with Gasteiger partial charge in [0.25, 0.3) is 0 Å². The van der Waals surface area contributed by atoms with Gasteiger partial charge in [-0.1, -0.05) is 58.3 Å². The average Bonchev–Trinajstić information content (AvgIpc) is 2.49. The van der Waals surface area contributed by atoms with Crippen LogP contribution >= 0.6 is 0 Å². The van der Waals surface area contributed by atoms with E-state index < -0.39 is 17.9 Å². The summed E-state index contributed by atoms with van der Waals surface area (Å²) in [5.41, 5.74) is 4.99. The monoisotopic (exact) mass is 345 g/mol. The van der Waals surface area contributed by atoms with Gasteiger partial charge in [-0.3, -0.25) is 9.59 Å². The molecule has 24 heavy (non-hydrogen) atoms. The van der Waals surface area contributed by atoms with E-state index in [2.05, 4.69) is 12.2 Å². The molecule has 7 N–H and O–H groups in total. The van der Waals surface area contributed by atoms with Crippen LogP contribution in [0.3, 0.4) is 0 Å². The maximum absolute atomic E-state index is 11.7. The van der Waals surface area contributed by atoms with Crippen molar-refractivity contribution in [3.63, 3.8) is 0 Å². The van der Waals surface area contributed by atoms with E-state index in [4.69, 9.17) is 10.8 Å². The first-order chi connectivity index (χ1) is 11.0. The molecule has 0 saturated heterocycles. The Morgan fingerprint density at radius 2 is 1.42 bits per heavy atom. The van der Waals surface area contributed by atoms with Crippen molar-refractivity contribution in [3.05, 3.63) is 0 Å². The SMILES string of the molecule is CCCCCCCCCCCC(=O)N[C@@H](CCC(N)=O)C(=O)O.N. The fourth-order valence-electron chi connectivity index (χ4n) is 2.41. The van der Waals surface area contributed by atoms with Crippen LogP contribution in [0.15, 0.2) is 0 Å². The first-order valence-corrected chi connectivity index (χ1v) is 8.77. The highest BCUT2D eigenvalue weighted by Crippen LogP contribution is 2.10. The minimum absolute atomic E-state index is 0. The molecule has 0 rings (SSSR count). The molecule has 0 aromatic heterocycles. The molecule has 7 heteroatoms. The summed E-state index contributed by atoms with van der Waals surface area (Å²) in [4.78, 5) is 33.4.